The first-order chi connectivity index (χ1) is 12.5. The summed E-state index contributed by atoms with van der Waals surface area (Å²) < 4.78 is 5.99. The van der Waals surface area contributed by atoms with Gasteiger partial charge in [0.2, 0.25) is 0 Å². The van der Waals surface area contributed by atoms with Crippen LogP contribution in [0.4, 0.5) is 5.82 Å². The van der Waals surface area contributed by atoms with Crippen molar-refractivity contribution in [3.05, 3.63) is 71.9 Å². The topological polar surface area (TPSA) is 77.2 Å². The Bertz CT molecular complexity index is 973. The summed E-state index contributed by atoms with van der Waals surface area (Å²) in [4.78, 5) is 16.8. The predicted molar refractivity (Wildman–Crippen MR) is 102 cm³/mol. The molecule has 1 saturated heterocycles. The Labute approximate surface area is 152 Å². The fourth-order valence-electron chi connectivity index (χ4n) is 3.47. The van der Waals surface area contributed by atoms with Crippen LogP contribution in [0.3, 0.4) is 0 Å². The number of carbonyl (C=O) groups is 1. The number of ether oxygens (including phenoxy) is 1. The second-order valence-corrected chi connectivity index (χ2v) is 6.98. The van der Waals surface area contributed by atoms with Crippen LogP contribution in [-0.4, -0.2) is 22.5 Å². The van der Waals surface area contributed by atoms with E-state index >= 15 is 0 Å². The first-order valence-electron chi connectivity index (χ1n) is 8.65. The molecule has 26 heavy (non-hydrogen) atoms. The van der Waals surface area contributed by atoms with E-state index in [1.54, 1.807) is 6.20 Å². The van der Waals surface area contributed by atoms with Gasteiger partial charge in [0.05, 0.1) is 11.6 Å². The molecule has 1 amide bonds. The number of pyridine rings is 1. The average molecular weight is 347 g/mol. The molecule has 0 aliphatic carbocycles. The van der Waals surface area contributed by atoms with Crippen molar-refractivity contribution in [3.8, 4) is 0 Å². The van der Waals surface area contributed by atoms with Crippen LogP contribution in [0.25, 0.3) is 10.8 Å². The SMILES string of the molecule is CC1OC(c2ccc3cc(N)ncc3c2)C1(C)NC(=O)c1ccccc1. The predicted octanol–water partition coefficient (Wildman–Crippen LogP) is 3.47. The zero-order valence-electron chi connectivity index (χ0n) is 14.8. The Morgan fingerprint density at radius 1 is 1.15 bits per heavy atom. The van der Waals surface area contributed by atoms with Gasteiger partial charge in [-0.25, -0.2) is 4.98 Å². The summed E-state index contributed by atoms with van der Waals surface area (Å²) >= 11 is 0. The van der Waals surface area contributed by atoms with Gasteiger partial charge in [0.15, 0.2) is 0 Å². The summed E-state index contributed by atoms with van der Waals surface area (Å²) in [6.07, 6.45) is 1.46. The Morgan fingerprint density at radius 3 is 2.65 bits per heavy atom. The molecule has 0 spiro atoms. The molecule has 2 aromatic carbocycles. The monoisotopic (exact) mass is 347 g/mol. The smallest absolute Gasteiger partial charge is 0.251 e. The van der Waals surface area contributed by atoms with Crippen LogP contribution in [-0.2, 0) is 4.74 Å². The molecule has 2 heterocycles. The van der Waals surface area contributed by atoms with Crippen molar-refractivity contribution in [3.63, 3.8) is 0 Å². The fourth-order valence-corrected chi connectivity index (χ4v) is 3.47. The standard InChI is InChI=1S/C21H21N3O2/c1-13-21(2,24-20(25)14-6-4-3-5-7-14)19(26-13)16-9-8-15-11-18(22)23-12-17(15)10-16/h3-13,19H,1-2H3,(H2,22,23)(H,24,25). The van der Waals surface area contributed by atoms with Gasteiger partial charge in [-0.3, -0.25) is 4.79 Å². The van der Waals surface area contributed by atoms with E-state index in [1.165, 1.54) is 0 Å². The molecule has 1 aromatic heterocycles. The van der Waals surface area contributed by atoms with Crippen molar-refractivity contribution >= 4 is 22.5 Å². The number of hydrogen-bond donors (Lipinski definition) is 2. The Kier molecular flexibility index (Phi) is 3.89. The minimum Gasteiger partial charge on any atom is -0.384 e. The van der Waals surface area contributed by atoms with Crippen LogP contribution in [0, 0.1) is 0 Å². The summed E-state index contributed by atoms with van der Waals surface area (Å²) in [5.41, 5.74) is 6.92. The van der Waals surface area contributed by atoms with Gasteiger partial charge in [-0.15, -0.1) is 0 Å². The molecular formula is C21H21N3O2. The Hall–Kier alpha value is -2.92. The van der Waals surface area contributed by atoms with Crippen LogP contribution in [0.1, 0.15) is 35.9 Å². The summed E-state index contributed by atoms with van der Waals surface area (Å²) in [5, 5.41) is 5.19. The number of rotatable bonds is 3. The minimum atomic E-state index is -0.484. The van der Waals surface area contributed by atoms with E-state index in [0.29, 0.717) is 11.4 Å². The van der Waals surface area contributed by atoms with Gasteiger partial charge in [-0.2, -0.15) is 0 Å². The van der Waals surface area contributed by atoms with Crippen LogP contribution >= 0.6 is 0 Å². The fraction of sp³-hybridized carbons (Fsp3) is 0.238. The van der Waals surface area contributed by atoms with Crippen molar-refractivity contribution < 1.29 is 9.53 Å². The van der Waals surface area contributed by atoms with Crippen molar-refractivity contribution in [2.24, 2.45) is 0 Å². The van der Waals surface area contributed by atoms with E-state index in [1.807, 2.05) is 68.4 Å². The molecule has 5 heteroatoms. The lowest BCUT2D eigenvalue weighted by Crippen LogP contribution is -2.66. The molecule has 0 bridgehead atoms. The lowest BCUT2D eigenvalue weighted by atomic mass is 9.78. The Balaban J connectivity index is 1.62. The number of anilines is 1. The second-order valence-electron chi connectivity index (χ2n) is 6.98. The van der Waals surface area contributed by atoms with E-state index in [9.17, 15) is 4.79 Å². The zero-order valence-corrected chi connectivity index (χ0v) is 14.8. The average Bonchev–Trinajstić information content (AvgIpc) is 2.66. The molecule has 0 radical (unpaired) electrons. The summed E-state index contributed by atoms with van der Waals surface area (Å²) in [6, 6.07) is 17.2. The van der Waals surface area contributed by atoms with Gasteiger partial charge in [-0.1, -0.05) is 30.3 Å². The number of amides is 1. The van der Waals surface area contributed by atoms with E-state index in [0.717, 1.165) is 16.3 Å². The van der Waals surface area contributed by atoms with Gasteiger partial charge >= 0.3 is 0 Å². The molecule has 1 aliphatic rings. The van der Waals surface area contributed by atoms with E-state index in [2.05, 4.69) is 10.3 Å². The van der Waals surface area contributed by atoms with Gasteiger partial charge in [0.25, 0.3) is 5.91 Å². The number of nitrogens with one attached hydrogen (secondary N) is 1. The molecule has 5 nitrogen and oxygen atoms in total. The maximum atomic E-state index is 12.6. The highest BCUT2D eigenvalue weighted by atomic mass is 16.5. The second kappa shape index (κ2) is 6.11. The quantitative estimate of drug-likeness (QED) is 0.760. The molecule has 3 aromatic rings. The number of aromatic nitrogens is 1. The maximum absolute atomic E-state index is 12.6. The molecule has 0 saturated carbocycles. The van der Waals surface area contributed by atoms with Crippen LogP contribution in [0.15, 0.2) is 60.8 Å². The van der Waals surface area contributed by atoms with Crippen molar-refractivity contribution in [2.75, 3.05) is 5.73 Å². The van der Waals surface area contributed by atoms with Gasteiger partial charge < -0.3 is 15.8 Å². The molecule has 1 aliphatic heterocycles. The largest absolute Gasteiger partial charge is 0.384 e. The summed E-state index contributed by atoms with van der Waals surface area (Å²) in [7, 11) is 0. The molecule has 1 fully saturated rings. The van der Waals surface area contributed by atoms with Crippen LogP contribution in [0.5, 0.6) is 0 Å². The number of hydrogen-bond acceptors (Lipinski definition) is 4. The lowest BCUT2D eigenvalue weighted by molar-refractivity contribution is -0.197. The highest BCUT2D eigenvalue weighted by Gasteiger charge is 2.52. The number of carbonyl (C=O) groups excluding carboxylic acids is 1. The first kappa shape index (κ1) is 16.5. The van der Waals surface area contributed by atoms with Crippen molar-refractivity contribution in [1.29, 1.82) is 0 Å². The third-order valence-corrected chi connectivity index (χ3v) is 5.22. The minimum absolute atomic E-state index is 0.0830. The van der Waals surface area contributed by atoms with Gasteiger partial charge in [0, 0.05) is 17.1 Å². The normalized spacial score (nSPS) is 24.8. The molecular weight excluding hydrogens is 326 g/mol. The summed E-state index contributed by atoms with van der Waals surface area (Å²) in [5.74, 6) is 0.405. The van der Waals surface area contributed by atoms with Crippen molar-refractivity contribution in [2.45, 2.75) is 31.6 Å². The van der Waals surface area contributed by atoms with Crippen molar-refractivity contribution in [1.82, 2.24) is 10.3 Å². The van der Waals surface area contributed by atoms with Gasteiger partial charge in [0.1, 0.15) is 11.9 Å². The third kappa shape index (κ3) is 2.70. The lowest BCUT2D eigenvalue weighted by Gasteiger charge is -2.53. The molecule has 3 N–H and O–H groups in total. The van der Waals surface area contributed by atoms with E-state index in [-0.39, 0.29) is 18.1 Å². The zero-order chi connectivity index (χ0) is 18.3. The number of nitrogen functional groups attached to an aromatic ring is 1. The highest BCUT2D eigenvalue weighted by molar-refractivity contribution is 5.94. The van der Waals surface area contributed by atoms with Gasteiger partial charge in [-0.05, 0) is 49.1 Å². The van der Waals surface area contributed by atoms with Crippen LogP contribution in [0.2, 0.25) is 0 Å². The number of nitrogens with two attached hydrogens (primary N) is 1. The molecule has 3 atom stereocenters. The molecule has 4 rings (SSSR count). The van der Waals surface area contributed by atoms with E-state index < -0.39 is 5.54 Å². The number of fused-ring (bicyclic) bond motifs is 1. The molecule has 132 valence electrons. The Morgan fingerprint density at radius 2 is 1.92 bits per heavy atom. The molecule has 3 unspecified atom stereocenters. The maximum Gasteiger partial charge on any atom is 0.251 e. The number of nitrogens with zero attached hydrogens (tertiary/aromatic N) is 1. The van der Waals surface area contributed by atoms with Crippen LogP contribution < -0.4 is 11.1 Å². The first-order valence-corrected chi connectivity index (χ1v) is 8.65. The third-order valence-electron chi connectivity index (χ3n) is 5.22. The highest BCUT2D eigenvalue weighted by Crippen LogP contribution is 2.45. The summed E-state index contributed by atoms with van der Waals surface area (Å²) in [6.45, 7) is 4.00. The van der Waals surface area contributed by atoms with E-state index in [4.69, 9.17) is 10.5 Å². The number of benzene rings is 2.